The van der Waals surface area contributed by atoms with Gasteiger partial charge >= 0.3 is 41.5 Å². The van der Waals surface area contributed by atoms with Crippen LogP contribution in [-0.4, -0.2) is 99.8 Å². The first-order valence-corrected chi connectivity index (χ1v) is 17.8. The van der Waals surface area contributed by atoms with Gasteiger partial charge < -0.3 is 33.7 Å². The van der Waals surface area contributed by atoms with Crippen molar-refractivity contribution in [3.63, 3.8) is 0 Å². The maximum absolute atomic E-state index is 13.7. The van der Waals surface area contributed by atoms with Crippen molar-refractivity contribution in [2.24, 2.45) is 11.8 Å². The summed E-state index contributed by atoms with van der Waals surface area (Å²) in [5, 5.41) is 1.65. The number of carbonyl (C=O) groups excluding carboxylic acids is 4. The van der Waals surface area contributed by atoms with Crippen LogP contribution in [0.5, 0.6) is 0 Å². The first-order chi connectivity index (χ1) is 22.0. The second-order valence-corrected chi connectivity index (χ2v) is 14.7. The van der Waals surface area contributed by atoms with Crippen LogP contribution in [0.1, 0.15) is 69.3 Å². The average molecular weight is 723 g/mol. The Labute approximate surface area is 310 Å². The number of nitrogens with one attached hydrogen (secondary N) is 1. The second-order valence-electron chi connectivity index (χ2n) is 12.1. The quantitative estimate of drug-likeness (QED) is 0.0412. The Balaban J connectivity index is 0.0000221. The van der Waals surface area contributed by atoms with E-state index in [4.69, 9.17) is 25.5 Å². The number of nitrogens with zero attached hydrogens (tertiary/aromatic N) is 1. The number of hydrogen-bond donors (Lipinski definition) is 1. The Kier molecular flexibility index (Phi) is 21.7. The molecular weight excluding hydrogens is 675 g/mol. The molecule has 1 rings (SSSR count). The molecule has 0 saturated heterocycles. The van der Waals surface area contributed by atoms with E-state index < -0.39 is 61.9 Å². The van der Waals surface area contributed by atoms with Gasteiger partial charge in [0.25, 0.3) is 0 Å². The van der Waals surface area contributed by atoms with Gasteiger partial charge in [0.05, 0.1) is 46.2 Å². The number of thioether (sulfide) groups is 1. The number of amides is 1. The van der Waals surface area contributed by atoms with Gasteiger partial charge in [-0.05, 0) is 32.3 Å². The minimum atomic E-state index is -4.69. The number of hydrogen-bond acceptors (Lipinski definition) is 12. The van der Waals surface area contributed by atoms with Crippen molar-refractivity contribution >= 4 is 46.0 Å². The smallest absolute Gasteiger partial charge is 0.748 e. The third-order valence-electron chi connectivity index (χ3n) is 7.37. The van der Waals surface area contributed by atoms with Gasteiger partial charge in [-0.15, -0.1) is 11.8 Å². The van der Waals surface area contributed by atoms with Crippen molar-refractivity contribution in [1.82, 2.24) is 5.32 Å². The number of benzene rings is 1. The van der Waals surface area contributed by atoms with Gasteiger partial charge in [0, 0.05) is 50.8 Å². The van der Waals surface area contributed by atoms with E-state index in [1.165, 1.54) is 28.1 Å². The Morgan fingerprint density at radius 3 is 1.98 bits per heavy atom. The van der Waals surface area contributed by atoms with Crippen LogP contribution >= 0.6 is 11.8 Å². The third kappa shape index (κ3) is 18.1. The van der Waals surface area contributed by atoms with E-state index in [2.05, 4.69) is 10.2 Å². The molecule has 1 aromatic rings. The van der Waals surface area contributed by atoms with Gasteiger partial charge in [0.1, 0.15) is 19.5 Å². The van der Waals surface area contributed by atoms with E-state index in [0.29, 0.717) is 18.3 Å². The number of rotatable bonds is 23. The molecule has 4 atom stereocenters. The van der Waals surface area contributed by atoms with Gasteiger partial charge in [-0.25, -0.2) is 15.0 Å². The molecule has 13 nitrogen and oxygen atoms in total. The molecule has 1 N–H and O–H groups in total. The number of ether oxygens (including phenoxy) is 4. The first kappa shape index (κ1) is 46.0. The molecule has 0 saturated carbocycles. The molecule has 0 aliphatic rings. The molecular formula is C32H47N2NaO11S2. The number of carbonyl (C=O) groups is 4. The minimum Gasteiger partial charge on any atom is -0.748 e. The van der Waals surface area contributed by atoms with Gasteiger partial charge in [-0.1, -0.05) is 31.2 Å². The summed E-state index contributed by atoms with van der Waals surface area (Å²) in [7, 11) is -1.80. The van der Waals surface area contributed by atoms with Crippen LogP contribution in [0.25, 0.3) is 4.85 Å². The van der Waals surface area contributed by atoms with E-state index in [9.17, 15) is 32.1 Å². The van der Waals surface area contributed by atoms with Crippen molar-refractivity contribution in [2.45, 2.75) is 75.5 Å². The van der Waals surface area contributed by atoms with Crippen LogP contribution in [0.3, 0.4) is 0 Å². The van der Waals surface area contributed by atoms with E-state index >= 15 is 0 Å². The minimum absolute atomic E-state index is 0. The van der Waals surface area contributed by atoms with Crippen LogP contribution < -0.4 is 34.9 Å². The largest absolute Gasteiger partial charge is 1.00 e. The molecule has 264 valence electrons. The van der Waals surface area contributed by atoms with Crippen molar-refractivity contribution in [1.29, 1.82) is 0 Å². The third-order valence-corrected chi connectivity index (χ3v) is 9.76. The topological polar surface area (TPSA) is 179 Å². The molecule has 0 fully saturated rings. The van der Waals surface area contributed by atoms with E-state index in [1.807, 2.05) is 6.92 Å². The van der Waals surface area contributed by atoms with E-state index in [1.54, 1.807) is 31.2 Å². The van der Waals surface area contributed by atoms with Gasteiger partial charge in [-0.2, -0.15) is 0 Å². The zero-order valence-electron chi connectivity index (χ0n) is 28.9. The average Bonchev–Trinajstić information content (AvgIpc) is 3.00. The SMILES string of the molecule is [C-]#[N+]C(C)(CC)CC(CC(CC(SCc1ccc(C=O)cc1)C(=O)NC(C)(C)CS(=O)(=O)[O-])C(=O)OCCOC)C(=O)OCCOC.[Na+]. The Morgan fingerprint density at radius 2 is 1.52 bits per heavy atom. The fraction of sp³-hybridized carbons (Fsp3) is 0.656. The predicted molar refractivity (Wildman–Crippen MR) is 175 cm³/mol. The molecule has 48 heavy (non-hydrogen) atoms. The summed E-state index contributed by atoms with van der Waals surface area (Å²) in [5.41, 5.74) is -1.12. The summed E-state index contributed by atoms with van der Waals surface area (Å²) in [6.07, 6.45) is 0.995. The van der Waals surface area contributed by atoms with Crippen LogP contribution in [0.2, 0.25) is 0 Å². The Bertz CT molecular complexity index is 1320. The summed E-state index contributed by atoms with van der Waals surface area (Å²) in [6, 6.07) is 6.69. The maximum atomic E-state index is 13.7. The Morgan fingerprint density at radius 1 is 0.979 bits per heavy atom. The summed E-state index contributed by atoms with van der Waals surface area (Å²) < 4.78 is 55.4. The molecule has 1 aromatic carbocycles. The first-order valence-electron chi connectivity index (χ1n) is 15.1. The maximum Gasteiger partial charge on any atom is 1.00 e. The summed E-state index contributed by atoms with van der Waals surface area (Å²) in [4.78, 5) is 55.3. The molecule has 0 aliphatic heterocycles. The molecule has 0 aliphatic carbocycles. The van der Waals surface area contributed by atoms with Crippen LogP contribution in [0, 0.1) is 18.4 Å². The molecule has 16 heteroatoms. The van der Waals surface area contributed by atoms with Gasteiger partial charge in [0.15, 0.2) is 0 Å². The van der Waals surface area contributed by atoms with E-state index in [0.717, 1.165) is 17.3 Å². The van der Waals surface area contributed by atoms with Crippen LogP contribution in [-0.2, 0) is 49.2 Å². The van der Waals surface area contributed by atoms with Crippen LogP contribution in [0.4, 0.5) is 0 Å². The van der Waals surface area contributed by atoms with Gasteiger partial charge in [0.2, 0.25) is 11.4 Å². The fourth-order valence-corrected chi connectivity index (χ4v) is 6.79. The summed E-state index contributed by atoms with van der Waals surface area (Å²) >= 11 is 1.16. The second kappa shape index (κ2) is 22.6. The molecule has 0 bridgehead atoms. The van der Waals surface area contributed by atoms with Gasteiger partial charge in [-0.3, -0.25) is 19.2 Å². The number of esters is 2. The fourth-order valence-electron chi connectivity index (χ4n) is 4.67. The van der Waals surface area contributed by atoms with Crippen molar-refractivity contribution < 1.29 is 80.7 Å². The molecule has 0 spiro atoms. The monoisotopic (exact) mass is 722 g/mol. The summed E-state index contributed by atoms with van der Waals surface area (Å²) in [5.74, 6) is -4.44. The zero-order chi connectivity index (χ0) is 35.7. The normalized spacial score (nSPS) is 14.6. The molecule has 4 unspecified atom stereocenters. The molecule has 0 radical (unpaired) electrons. The molecule has 1 amide bonds. The molecule has 0 aromatic heterocycles. The standard InChI is InChI=1S/C32H48N2O11S2.Na/c1-8-32(4,33-5)19-26(30(38)45-16-14-43-7)17-25(29(37)44-15-13-42-6)18-27(28(36)34-31(2,3)22-47(39,40)41)46-21-24-11-9-23(20-35)10-12-24;/h9-12,20,25-27H,8,13-19,21-22H2,1-4,6-7H3,(H,34,36)(H,39,40,41);/q;+1/p-1. The predicted octanol–water partition coefficient (Wildman–Crippen LogP) is 0.415. The Hall–Kier alpha value is -2.03. The van der Waals surface area contributed by atoms with E-state index in [-0.39, 0.29) is 81.0 Å². The van der Waals surface area contributed by atoms with Crippen LogP contribution in [0.15, 0.2) is 24.3 Å². The summed E-state index contributed by atoms with van der Waals surface area (Å²) in [6.45, 7) is 14.2. The van der Waals surface area contributed by atoms with Crippen molar-refractivity contribution in [3.05, 3.63) is 46.8 Å². The molecule has 0 heterocycles. The van der Waals surface area contributed by atoms with Crippen molar-refractivity contribution in [3.8, 4) is 0 Å². The zero-order valence-corrected chi connectivity index (χ0v) is 32.6. The number of methoxy groups -OCH3 is 2. The van der Waals surface area contributed by atoms with Crippen molar-refractivity contribution in [2.75, 3.05) is 46.4 Å². The number of aldehydes is 1.